The number of benzene rings is 1. The Morgan fingerprint density at radius 3 is 2.52 bits per heavy atom. The van der Waals surface area contributed by atoms with Gasteiger partial charge < -0.3 is 10.6 Å². The van der Waals surface area contributed by atoms with Crippen LogP contribution in [-0.4, -0.2) is 17.1 Å². The van der Waals surface area contributed by atoms with Crippen LogP contribution in [0.15, 0.2) is 70.0 Å². The molecule has 0 atom stereocenters. The minimum absolute atomic E-state index is 0.125. The number of hydrogen-bond donors (Lipinski definition) is 2. The van der Waals surface area contributed by atoms with Crippen molar-refractivity contribution in [2.24, 2.45) is 4.99 Å². The summed E-state index contributed by atoms with van der Waals surface area (Å²) >= 11 is 6.27. The molecule has 0 spiro atoms. The number of amides is 1. The number of carbonyl (C=O) groups is 1. The van der Waals surface area contributed by atoms with Crippen LogP contribution in [0, 0.1) is 0 Å². The Morgan fingerprint density at radius 1 is 1.13 bits per heavy atom. The molecule has 0 saturated carbocycles. The molecule has 1 aromatic heterocycles. The number of hydrogen-bond acceptors (Lipinski definition) is 4. The fraction of sp³-hybridized carbons (Fsp3) is 0.320. The second-order valence-corrected chi connectivity index (χ2v) is 9.13. The van der Waals surface area contributed by atoms with E-state index in [1.807, 2.05) is 25.1 Å². The highest BCUT2D eigenvalue weighted by molar-refractivity contribution is 6.33. The summed E-state index contributed by atoms with van der Waals surface area (Å²) in [6.45, 7) is 8.93. The highest BCUT2D eigenvalue weighted by atomic mass is 35.5. The smallest absolute Gasteiger partial charge is 0.271 e. The third kappa shape index (κ3) is 6.53. The van der Waals surface area contributed by atoms with Crippen LogP contribution in [0.25, 0.3) is 0 Å². The second-order valence-electron chi connectivity index (χ2n) is 8.72. The Hall–Kier alpha value is -2.92. The van der Waals surface area contributed by atoms with Crippen LogP contribution in [0.3, 0.4) is 0 Å². The zero-order chi connectivity index (χ0) is 22.4. The number of nitrogens with one attached hydrogen (secondary N) is 2. The molecule has 2 heterocycles. The Balaban J connectivity index is 1.59. The molecule has 162 valence electrons. The fourth-order valence-electron chi connectivity index (χ4n) is 3.10. The molecule has 0 aliphatic carbocycles. The summed E-state index contributed by atoms with van der Waals surface area (Å²) in [4.78, 5) is 21.2. The van der Waals surface area contributed by atoms with Gasteiger partial charge in [0.25, 0.3) is 5.91 Å². The summed E-state index contributed by atoms with van der Waals surface area (Å²) in [7, 11) is 0. The first-order valence-corrected chi connectivity index (χ1v) is 10.8. The average molecular weight is 437 g/mol. The average Bonchev–Trinajstić information content (AvgIpc) is 2.71. The maximum atomic E-state index is 12.5. The topological polar surface area (TPSA) is 66.4 Å². The first-order chi connectivity index (χ1) is 14.7. The fourth-order valence-corrected chi connectivity index (χ4v) is 3.43. The third-order valence-electron chi connectivity index (χ3n) is 5.00. The van der Waals surface area contributed by atoms with Gasteiger partial charge in [0.2, 0.25) is 0 Å². The molecule has 2 aromatic rings. The normalized spacial score (nSPS) is 18.5. The highest BCUT2D eigenvalue weighted by Gasteiger charge is 2.14. The van der Waals surface area contributed by atoms with E-state index in [-0.39, 0.29) is 17.0 Å². The van der Waals surface area contributed by atoms with E-state index in [4.69, 9.17) is 11.6 Å². The number of pyridine rings is 1. The van der Waals surface area contributed by atoms with Crippen molar-refractivity contribution < 1.29 is 4.79 Å². The molecule has 1 amide bonds. The van der Waals surface area contributed by atoms with Gasteiger partial charge in [0.05, 0.1) is 5.03 Å². The molecule has 1 aliphatic rings. The van der Waals surface area contributed by atoms with Gasteiger partial charge in [-0.05, 0) is 60.6 Å². The van der Waals surface area contributed by atoms with E-state index in [1.54, 1.807) is 12.4 Å². The number of halogens is 1. The van der Waals surface area contributed by atoms with E-state index in [2.05, 4.69) is 65.6 Å². The minimum Gasteiger partial charge on any atom is -0.347 e. The number of anilines is 2. The Labute approximate surface area is 189 Å². The number of allylic oxidation sites excluding steroid dienone is 3. The van der Waals surface area contributed by atoms with Crippen LogP contribution >= 0.6 is 11.6 Å². The van der Waals surface area contributed by atoms with E-state index < -0.39 is 0 Å². The van der Waals surface area contributed by atoms with Crippen molar-refractivity contribution >= 4 is 35.2 Å². The predicted octanol–water partition coefficient (Wildman–Crippen LogP) is 6.00. The Bertz CT molecular complexity index is 1010. The van der Waals surface area contributed by atoms with Crippen LogP contribution in [0.4, 0.5) is 11.5 Å². The van der Waals surface area contributed by atoms with E-state index in [0.29, 0.717) is 11.6 Å². The van der Waals surface area contributed by atoms with Gasteiger partial charge in [-0.25, -0.2) is 4.98 Å². The largest absolute Gasteiger partial charge is 0.347 e. The molecular weight excluding hydrogens is 408 g/mol. The molecule has 0 bridgehead atoms. The van der Waals surface area contributed by atoms with Crippen molar-refractivity contribution in [1.82, 2.24) is 10.3 Å². The third-order valence-corrected chi connectivity index (χ3v) is 5.29. The van der Waals surface area contributed by atoms with Crippen molar-refractivity contribution in [3.8, 4) is 0 Å². The molecule has 0 radical (unpaired) electrons. The van der Waals surface area contributed by atoms with Gasteiger partial charge in [0.1, 0.15) is 11.5 Å². The van der Waals surface area contributed by atoms with Crippen LogP contribution in [0.5, 0.6) is 0 Å². The molecule has 0 unspecified atom stereocenters. The zero-order valence-electron chi connectivity index (χ0n) is 18.5. The van der Waals surface area contributed by atoms with Gasteiger partial charge in [0.15, 0.2) is 0 Å². The van der Waals surface area contributed by atoms with Crippen LogP contribution in [0.1, 0.15) is 51.7 Å². The molecular formula is C25H29ClN4O. The van der Waals surface area contributed by atoms with Crippen molar-refractivity contribution in [1.29, 1.82) is 0 Å². The second kappa shape index (κ2) is 9.92. The standard InChI is InChI=1S/C25H29ClN4O/c1-17-6-5-13-27-23(21(26)14-17)24(31)29-16-18-7-12-22(28-15-18)30-20-10-8-19(9-11-20)25(2,3)4/h7-15H,5-6,16H2,1-4H3,(H,28,30)(H,29,31)/b17-14+,23-21+,27-13?. The quantitative estimate of drug-likeness (QED) is 0.604. The molecule has 31 heavy (non-hydrogen) atoms. The van der Waals surface area contributed by atoms with Gasteiger partial charge in [-0.3, -0.25) is 9.79 Å². The van der Waals surface area contributed by atoms with Crippen LogP contribution in [-0.2, 0) is 16.8 Å². The van der Waals surface area contributed by atoms with Crippen molar-refractivity contribution in [2.45, 2.75) is 52.5 Å². The summed E-state index contributed by atoms with van der Waals surface area (Å²) in [6, 6.07) is 12.2. The number of aliphatic imine (C=N–C) groups is 1. The lowest BCUT2D eigenvalue weighted by atomic mass is 9.87. The lowest BCUT2D eigenvalue weighted by molar-refractivity contribution is -0.117. The minimum atomic E-state index is -0.298. The first kappa shape index (κ1) is 22.8. The van der Waals surface area contributed by atoms with E-state index in [1.165, 1.54) is 5.56 Å². The Kier molecular flexibility index (Phi) is 7.29. The number of aromatic nitrogens is 1. The number of carbonyl (C=O) groups excluding carboxylic acids is 1. The first-order valence-electron chi connectivity index (χ1n) is 10.4. The zero-order valence-corrected chi connectivity index (χ0v) is 19.3. The summed E-state index contributed by atoms with van der Waals surface area (Å²) in [6.07, 6.45) is 6.97. The van der Waals surface area contributed by atoms with Gasteiger partial charge in [-0.15, -0.1) is 0 Å². The molecule has 1 aliphatic heterocycles. The summed E-state index contributed by atoms with van der Waals surface area (Å²) < 4.78 is 0. The van der Waals surface area contributed by atoms with Gasteiger partial charge >= 0.3 is 0 Å². The van der Waals surface area contributed by atoms with E-state index in [0.717, 1.165) is 35.5 Å². The number of nitrogens with zero attached hydrogens (tertiary/aromatic N) is 2. The molecule has 1 aromatic carbocycles. The molecule has 5 nitrogen and oxygen atoms in total. The monoisotopic (exact) mass is 436 g/mol. The van der Waals surface area contributed by atoms with Gasteiger partial charge in [-0.2, -0.15) is 0 Å². The number of rotatable bonds is 5. The van der Waals surface area contributed by atoms with Crippen LogP contribution < -0.4 is 10.6 Å². The van der Waals surface area contributed by atoms with E-state index >= 15 is 0 Å². The Morgan fingerprint density at radius 2 is 1.87 bits per heavy atom. The molecule has 3 rings (SSSR count). The predicted molar refractivity (Wildman–Crippen MR) is 129 cm³/mol. The van der Waals surface area contributed by atoms with Gasteiger partial charge in [0, 0.05) is 24.6 Å². The van der Waals surface area contributed by atoms with Crippen molar-refractivity contribution in [2.75, 3.05) is 5.32 Å². The molecule has 0 fully saturated rings. The van der Waals surface area contributed by atoms with Crippen molar-refractivity contribution in [3.63, 3.8) is 0 Å². The molecule has 6 heteroatoms. The maximum Gasteiger partial charge on any atom is 0.271 e. The summed E-state index contributed by atoms with van der Waals surface area (Å²) in [5, 5.41) is 6.53. The SMILES string of the molecule is C/C1=C\C(Cl)=C(\C(=O)NCc2ccc(Nc3ccc(C(C)(C)C)cc3)nc2)N=CCC1. The summed E-state index contributed by atoms with van der Waals surface area (Å²) in [5.74, 6) is 0.447. The maximum absolute atomic E-state index is 12.5. The lowest BCUT2D eigenvalue weighted by Crippen LogP contribution is -2.24. The highest BCUT2D eigenvalue weighted by Crippen LogP contribution is 2.24. The molecule has 0 saturated heterocycles. The van der Waals surface area contributed by atoms with E-state index in [9.17, 15) is 4.79 Å². The van der Waals surface area contributed by atoms with Gasteiger partial charge in [-0.1, -0.05) is 56.1 Å². The summed E-state index contributed by atoms with van der Waals surface area (Å²) in [5.41, 5.74) is 4.65. The lowest BCUT2D eigenvalue weighted by Gasteiger charge is -2.19. The van der Waals surface area contributed by atoms with Crippen molar-refractivity contribution in [3.05, 3.63) is 76.1 Å². The molecule has 2 N–H and O–H groups in total. The van der Waals surface area contributed by atoms with Crippen LogP contribution in [0.2, 0.25) is 0 Å².